The van der Waals surface area contributed by atoms with E-state index in [0.717, 1.165) is 4.90 Å². The summed E-state index contributed by atoms with van der Waals surface area (Å²) in [6.07, 6.45) is -0.762. The first-order valence-electron chi connectivity index (χ1n) is 6.18. The van der Waals surface area contributed by atoms with Gasteiger partial charge in [-0.1, -0.05) is 0 Å². The van der Waals surface area contributed by atoms with Crippen LogP contribution in [0.1, 0.15) is 12.8 Å². The van der Waals surface area contributed by atoms with Crippen LogP contribution in [0.15, 0.2) is 0 Å². The number of hydrogen-bond acceptors (Lipinski definition) is 4. The van der Waals surface area contributed by atoms with E-state index in [-0.39, 0.29) is 18.2 Å². The molecule has 2 heterocycles. The molecule has 2 aliphatic heterocycles. The summed E-state index contributed by atoms with van der Waals surface area (Å²) in [5.74, 6) is -4.14. The van der Waals surface area contributed by atoms with Crippen LogP contribution in [-0.2, 0) is 9.59 Å². The average molecular weight is 277 g/mol. The van der Waals surface area contributed by atoms with E-state index in [2.05, 4.69) is 5.32 Å². The third-order valence-corrected chi connectivity index (χ3v) is 3.53. The molecule has 0 spiro atoms. The van der Waals surface area contributed by atoms with Gasteiger partial charge in [0.25, 0.3) is 11.8 Å². The fourth-order valence-electron chi connectivity index (χ4n) is 2.37. The molecule has 2 fully saturated rings. The molecule has 0 aromatic heterocycles. The van der Waals surface area contributed by atoms with Gasteiger partial charge in [0, 0.05) is 18.5 Å². The fourth-order valence-corrected chi connectivity index (χ4v) is 2.37. The molecule has 2 amide bonds. The first-order valence-corrected chi connectivity index (χ1v) is 6.18. The highest BCUT2D eigenvalue weighted by atomic mass is 19.3. The second kappa shape index (κ2) is 5.01. The van der Waals surface area contributed by atoms with E-state index in [1.165, 1.54) is 0 Å². The van der Waals surface area contributed by atoms with Crippen LogP contribution in [0.4, 0.5) is 8.78 Å². The van der Waals surface area contributed by atoms with E-state index < -0.39 is 37.1 Å². The standard InChI is InChI=1S/C11H17F2N3O3/c12-11(13)4-16(5-11)10(19)8(17)7(14)3-6-1-2-15-9(6)18/h6-8,17H,1-5,14H2,(H,15,18)/t6-,7?,8?/m0/s1. The molecule has 19 heavy (non-hydrogen) atoms. The lowest BCUT2D eigenvalue weighted by atomic mass is 9.94. The number of carbonyl (C=O) groups is 2. The van der Waals surface area contributed by atoms with Gasteiger partial charge >= 0.3 is 0 Å². The zero-order valence-corrected chi connectivity index (χ0v) is 10.3. The highest BCUT2D eigenvalue weighted by Crippen LogP contribution is 2.27. The van der Waals surface area contributed by atoms with E-state index in [1.807, 2.05) is 0 Å². The van der Waals surface area contributed by atoms with Gasteiger partial charge < -0.3 is 21.1 Å². The van der Waals surface area contributed by atoms with Crippen molar-refractivity contribution in [1.82, 2.24) is 10.2 Å². The molecule has 0 radical (unpaired) electrons. The number of carbonyl (C=O) groups excluding carboxylic acids is 2. The van der Waals surface area contributed by atoms with Crippen LogP contribution in [-0.4, -0.2) is 59.5 Å². The Morgan fingerprint density at radius 2 is 2.21 bits per heavy atom. The second-order valence-electron chi connectivity index (χ2n) is 5.17. The van der Waals surface area contributed by atoms with Crippen molar-refractivity contribution in [3.63, 3.8) is 0 Å². The molecule has 2 saturated heterocycles. The maximum Gasteiger partial charge on any atom is 0.282 e. The molecular weight excluding hydrogens is 260 g/mol. The molecule has 3 atom stereocenters. The maximum absolute atomic E-state index is 12.6. The number of alkyl halides is 2. The quantitative estimate of drug-likeness (QED) is 0.594. The minimum absolute atomic E-state index is 0.148. The van der Waals surface area contributed by atoms with Crippen LogP contribution in [0.25, 0.3) is 0 Å². The van der Waals surface area contributed by atoms with Crippen molar-refractivity contribution in [2.24, 2.45) is 11.7 Å². The smallest absolute Gasteiger partial charge is 0.282 e. The summed E-state index contributed by atoms with van der Waals surface area (Å²) < 4.78 is 25.3. The normalized spacial score (nSPS) is 28.5. The topological polar surface area (TPSA) is 95.7 Å². The van der Waals surface area contributed by atoms with Gasteiger partial charge in [-0.2, -0.15) is 0 Å². The van der Waals surface area contributed by atoms with Crippen LogP contribution in [0.5, 0.6) is 0 Å². The van der Waals surface area contributed by atoms with Gasteiger partial charge in [-0.15, -0.1) is 0 Å². The number of hydrogen-bond donors (Lipinski definition) is 3. The molecule has 8 heteroatoms. The molecule has 108 valence electrons. The molecule has 0 aromatic carbocycles. The Labute approximate surface area is 108 Å². The van der Waals surface area contributed by atoms with Crippen molar-refractivity contribution in [1.29, 1.82) is 0 Å². The van der Waals surface area contributed by atoms with Gasteiger partial charge in [-0.25, -0.2) is 8.78 Å². The van der Waals surface area contributed by atoms with E-state index in [9.17, 15) is 23.5 Å². The summed E-state index contributed by atoms with van der Waals surface area (Å²) in [7, 11) is 0. The molecular formula is C11H17F2N3O3. The van der Waals surface area contributed by atoms with Crippen molar-refractivity contribution < 1.29 is 23.5 Å². The summed E-state index contributed by atoms with van der Waals surface area (Å²) >= 11 is 0. The first-order chi connectivity index (χ1) is 8.80. The Morgan fingerprint density at radius 1 is 1.58 bits per heavy atom. The lowest BCUT2D eigenvalue weighted by molar-refractivity contribution is -0.174. The Balaban J connectivity index is 1.83. The van der Waals surface area contributed by atoms with Crippen molar-refractivity contribution >= 4 is 11.8 Å². The number of rotatable bonds is 4. The third-order valence-electron chi connectivity index (χ3n) is 3.53. The minimum atomic E-state index is -2.87. The van der Waals surface area contributed by atoms with E-state index >= 15 is 0 Å². The summed E-state index contributed by atoms with van der Waals surface area (Å²) in [6.45, 7) is -0.808. The highest BCUT2D eigenvalue weighted by Gasteiger charge is 2.48. The molecule has 0 aromatic rings. The fraction of sp³-hybridized carbons (Fsp3) is 0.818. The maximum atomic E-state index is 12.6. The van der Waals surface area contributed by atoms with Gasteiger partial charge in [0.15, 0.2) is 0 Å². The van der Waals surface area contributed by atoms with Crippen LogP contribution in [0.2, 0.25) is 0 Å². The molecule has 4 N–H and O–H groups in total. The number of amides is 2. The lowest BCUT2D eigenvalue weighted by Gasteiger charge is -2.40. The predicted octanol–water partition coefficient (Wildman–Crippen LogP) is -1.32. The van der Waals surface area contributed by atoms with E-state index in [0.29, 0.717) is 13.0 Å². The minimum Gasteiger partial charge on any atom is -0.382 e. The largest absolute Gasteiger partial charge is 0.382 e. The van der Waals surface area contributed by atoms with E-state index in [1.54, 1.807) is 0 Å². The van der Waals surface area contributed by atoms with Crippen LogP contribution in [0.3, 0.4) is 0 Å². The molecule has 2 rings (SSSR count). The monoisotopic (exact) mass is 277 g/mol. The van der Waals surface area contributed by atoms with Gasteiger partial charge in [-0.05, 0) is 12.8 Å². The van der Waals surface area contributed by atoms with Crippen LogP contribution < -0.4 is 11.1 Å². The number of aliphatic hydroxyl groups is 1. The zero-order chi connectivity index (χ0) is 14.2. The van der Waals surface area contributed by atoms with Gasteiger partial charge in [0.1, 0.15) is 6.10 Å². The third kappa shape index (κ3) is 3.01. The van der Waals surface area contributed by atoms with Crippen molar-refractivity contribution in [2.45, 2.75) is 30.9 Å². The number of likely N-dealkylation sites (tertiary alicyclic amines) is 1. The summed E-state index contributed by atoms with van der Waals surface area (Å²) in [4.78, 5) is 23.9. The first kappa shape index (κ1) is 14.1. The number of nitrogens with zero attached hydrogens (tertiary/aromatic N) is 1. The van der Waals surface area contributed by atoms with Gasteiger partial charge in [0.2, 0.25) is 5.91 Å². The van der Waals surface area contributed by atoms with Crippen molar-refractivity contribution in [3.8, 4) is 0 Å². The molecule has 0 bridgehead atoms. The summed E-state index contributed by atoms with van der Waals surface area (Å²) in [5, 5.41) is 12.4. The Bertz CT molecular complexity index is 383. The molecule has 0 saturated carbocycles. The lowest BCUT2D eigenvalue weighted by Crippen LogP contribution is -2.62. The Morgan fingerprint density at radius 3 is 2.68 bits per heavy atom. The number of nitrogens with one attached hydrogen (secondary N) is 1. The summed E-state index contributed by atoms with van der Waals surface area (Å²) in [6, 6.07) is -0.921. The second-order valence-corrected chi connectivity index (χ2v) is 5.17. The average Bonchev–Trinajstić information content (AvgIpc) is 2.70. The molecule has 2 unspecified atom stereocenters. The van der Waals surface area contributed by atoms with Crippen LogP contribution >= 0.6 is 0 Å². The zero-order valence-electron chi connectivity index (χ0n) is 10.3. The van der Waals surface area contributed by atoms with Crippen molar-refractivity contribution in [3.05, 3.63) is 0 Å². The van der Waals surface area contributed by atoms with Crippen molar-refractivity contribution in [2.75, 3.05) is 19.6 Å². The number of aliphatic hydroxyl groups excluding tert-OH is 1. The summed E-state index contributed by atoms with van der Waals surface area (Å²) in [5.41, 5.74) is 5.68. The SMILES string of the molecule is NC(C[C@@H]1CCNC1=O)C(O)C(=O)N1CC(F)(F)C1. The van der Waals surface area contributed by atoms with E-state index in [4.69, 9.17) is 5.73 Å². The Kier molecular flexibility index (Phi) is 3.73. The number of halogens is 2. The van der Waals surface area contributed by atoms with Gasteiger partial charge in [-0.3, -0.25) is 9.59 Å². The molecule has 2 aliphatic rings. The Hall–Kier alpha value is -1.28. The highest BCUT2D eigenvalue weighted by molar-refractivity contribution is 5.83. The van der Waals surface area contributed by atoms with Crippen LogP contribution in [0, 0.1) is 5.92 Å². The molecule has 0 aliphatic carbocycles. The predicted molar refractivity (Wildman–Crippen MR) is 61.2 cm³/mol. The number of nitrogens with two attached hydrogens (primary N) is 1. The molecule has 6 nitrogen and oxygen atoms in total. The van der Waals surface area contributed by atoms with Gasteiger partial charge in [0.05, 0.1) is 13.1 Å².